The lowest BCUT2D eigenvalue weighted by molar-refractivity contribution is -0.188. The highest BCUT2D eigenvalue weighted by atomic mass is 16.7. The first kappa shape index (κ1) is 21.3. The third-order valence-electron chi connectivity index (χ3n) is 5.14. The van der Waals surface area contributed by atoms with Gasteiger partial charge in [0, 0.05) is 42.6 Å². The summed E-state index contributed by atoms with van der Waals surface area (Å²) in [7, 11) is 0. The summed E-state index contributed by atoms with van der Waals surface area (Å²) < 4.78 is 19.3. The van der Waals surface area contributed by atoms with Crippen LogP contribution in [0.25, 0.3) is 11.3 Å². The molecule has 7 nitrogen and oxygen atoms in total. The zero-order valence-electron chi connectivity index (χ0n) is 17.7. The summed E-state index contributed by atoms with van der Waals surface area (Å²) in [6, 6.07) is 9.71. The third kappa shape index (κ3) is 5.61. The van der Waals surface area contributed by atoms with Gasteiger partial charge in [0.15, 0.2) is 12.1 Å². The molecule has 162 valence electrons. The summed E-state index contributed by atoms with van der Waals surface area (Å²) in [5.41, 5.74) is 2.64. The van der Waals surface area contributed by atoms with Gasteiger partial charge in [-0.15, -0.1) is 0 Å². The molecular weight excluding hydrogens is 394 g/mol. The van der Waals surface area contributed by atoms with E-state index in [1.807, 2.05) is 48.0 Å². The maximum absolute atomic E-state index is 8.81. The summed E-state index contributed by atoms with van der Waals surface area (Å²) in [6.07, 6.45) is 6.97. The quantitative estimate of drug-likeness (QED) is 0.582. The van der Waals surface area contributed by atoms with Crippen LogP contribution in [0.1, 0.15) is 55.8 Å². The summed E-state index contributed by atoms with van der Waals surface area (Å²) in [5, 5.41) is 13.0. The highest BCUT2D eigenvalue weighted by Crippen LogP contribution is 2.24. The van der Waals surface area contributed by atoms with Gasteiger partial charge in [0.05, 0.1) is 13.2 Å². The molecule has 0 amide bonds. The molecule has 1 fully saturated rings. The van der Waals surface area contributed by atoms with E-state index in [9.17, 15) is 0 Å². The van der Waals surface area contributed by atoms with Crippen molar-refractivity contribution in [2.24, 2.45) is 0 Å². The van der Waals surface area contributed by atoms with Crippen LogP contribution >= 0.6 is 0 Å². The minimum atomic E-state index is -0.177. The number of imidazole rings is 1. The molecule has 0 bridgehead atoms. The zero-order chi connectivity index (χ0) is 21.5. The number of aliphatic hydroxyl groups excluding tert-OH is 1. The Hall–Kier alpha value is -2.92. The Bertz CT molecular complexity index is 1020. The smallest absolute Gasteiger partial charge is 0.167 e. The Morgan fingerprint density at radius 3 is 2.94 bits per heavy atom. The van der Waals surface area contributed by atoms with Crippen molar-refractivity contribution in [3.63, 3.8) is 0 Å². The lowest BCUT2D eigenvalue weighted by atomic mass is 10.1. The minimum absolute atomic E-state index is 0.0732. The second kappa shape index (κ2) is 10.4. The van der Waals surface area contributed by atoms with Crippen molar-refractivity contribution >= 4 is 0 Å². The third-order valence-corrected chi connectivity index (χ3v) is 5.14. The van der Waals surface area contributed by atoms with Gasteiger partial charge in [0.2, 0.25) is 0 Å². The van der Waals surface area contributed by atoms with E-state index in [4.69, 9.17) is 19.1 Å². The maximum Gasteiger partial charge on any atom is 0.167 e. The van der Waals surface area contributed by atoms with E-state index in [1.165, 1.54) is 0 Å². The molecule has 1 unspecified atom stereocenters. The molecule has 3 aromatic rings. The molecule has 7 heteroatoms. The van der Waals surface area contributed by atoms with Gasteiger partial charge in [-0.25, -0.2) is 4.98 Å². The van der Waals surface area contributed by atoms with E-state index in [0.29, 0.717) is 18.7 Å². The van der Waals surface area contributed by atoms with E-state index in [1.54, 1.807) is 6.20 Å². The average Bonchev–Trinajstić information content (AvgIpc) is 3.45. The van der Waals surface area contributed by atoms with Crippen LogP contribution in [0.3, 0.4) is 0 Å². The highest BCUT2D eigenvalue weighted by molar-refractivity contribution is 5.59. The number of aromatic nitrogens is 3. The van der Waals surface area contributed by atoms with Gasteiger partial charge in [-0.05, 0) is 50.5 Å². The maximum atomic E-state index is 8.81. The molecular formula is C24H27N3O4. The molecule has 31 heavy (non-hydrogen) atoms. The summed E-state index contributed by atoms with van der Waals surface area (Å²) in [5.74, 6) is 7.47. The van der Waals surface area contributed by atoms with E-state index < -0.39 is 0 Å². The fourth-order valence-corrected chi connectivity index (χ4v) is 3.56. The van der Waals surface area contributed by atoms with Crippen LogP contribution in [0.5, 0.6) is 0 Å². The number of aliphatic hydroxyl groups is 1. The Balaban J connectivity index is 1.40. The molecule has 1 saturated heterocycles. The van der Waals surface area contributed by atoms with Gasteiger partial charge in [0.25, 0.3) is 0 Å². The first-order valence-electron chi connectivity index (χ1n) is 10.7. The summed E-state index contributed by atoms with van der Waals surface area (Å²) in [4.78, 5) is 4.48. The predicted molar refractivity (Wildman–Crippen MR) is 115 cm³/mol. The fraction of sp³-hybridized carbons (Fsp3) is 0.417. The largest absolute Gasteiger partial charge is 0.395 e. The standard InChI is InChI=1S/C24H27N3O4/c1-18(30-23-7-3-5-15-29-23)24-25-12-13-27(24)17-21-16-22(31-26-21)20-10-8-19(9-11-20)6-2-4-14-28/h8-13,16,18,23,28H,3-5,7,14-15,17H2,1H3/t18-,23?/m0/s1. The van der Waals surface area contributed by atoms with Crippen molar-refractivity contribution in [3.8, 4) is 23.2 Å². The molecule has 4 rings (SSSR count). The van der Waals surface area contributed by atoms with E-state index in [2.05, 4.69) is 22.0 Å². The topological polar surface area (TPSA) is 82.5 Å². The number of hydrogen-bond acceptors (Lipinski definition) is 6. The molecule has 2 atom stereocenters. The lowest BCUT2D eigenvalue weighted by Gasteiger charge is -2.26. The number of hydrogen-bond donors (Lipinski definition) is 1. The first-order chi connectivity index (χ1) is 15.2. The van der Waals surface area contributed by atoms with Crippen LogP contribution in [0.4, 0.5) is 0 Å². The molecule has 0 aliphatic carbocycles. The van der Waals surface area contributed by atoms with E-state index >= 15 is 0 Å². The van der Waals surface area contributed by atoms with Gasteiger partial charge in [-0.3, -0.25) is 0 Å². The van der Waals surface area contributed by atoms with Crippen LogP contribution in [0, 0.1) is 11.8 Å². The number of ether oxygens (including phenoxy) is 2. The lowest BCUT2D eigenvalue weighted by Crippen LogP contribution is -2.24. The highest BCUT2D eigenvalue weighted by Gasteiger charge is 2.21. The molecule has 0 spiro atoms. The number of rotatable bonds is 7. The van der Waals surface area contributed by atoms with Crippen LogP contribution in [-0.4, -0.2) is 39.3 Å². The molecule has 1 aromatic carbocycles. The second-order valence-electron chi connectivity index (χ2n) is 7.52. The summed E-state index contributed by atoms with van der Waals surface area (Å²) in [6.45, 7) is 3.37. The van der Waals surface area contributed by atoms with Crippen LogP contribution in [-0.2, 0) is 16.0 Å². The molecule has 0 radical (unpaired) electrons. The van der Waals surface area contributed by atoms with E-state index in [-0.39, 0.29) is 19.0 Å². The first-order valence-corrected chi connectivity index (χ1v) is 10.7. The van der Waals surface area contributed by atoms with Crippen molar-refractivity contribution in [1.29, 1.82) is 0 Å². The molecule has 1 aliphatic rings. The Kier molecular flexibility index (Phi) is 7.15. The summed E-state index contributed by atoms with van der Waals surface area (Å²) >= 11 is 0. The van der Waals surface area contributed by atoms with Crippen LogP contribution < -0.4 is 0 Å². The van der Waals surface area contributed by atoms with Gasteiger partial charge in [-0.1, -0.05) is 17.0 Å². The monoisotopic (exact) mass is 421 g/mol. The molecule has 0 saturated carbocycles. The second-order valence-corrected chi connectivity index (χ2v) is 7.52. The normalized spacial score (nSPS) is 17.2. The number of benzene rings is 1. The van der Waals surface area contributed by atoms with Gasteiger partial charge >= 0.3 is 0 Å². The van der Waals surface area contributed by atoms with Crippen molar-refractivity contribution in [2.45, 2.75) is 51.5 Å². The zero-order valence-corrected chi connectivity index (χ0v) is 17.7. The van der Waals surface area contributed by atoms with Gasteiger partial charge in [0.1, 0.15) is 17.6 Å². The Morgan fingerprint density at radius 2 is 2.16 bits per heavy atom. The van der Waals surface area contributed by atoms with E-state index in [0.717, 1.165) is 48.5 Å². The van der Waals surface area contributed by atoms with Crippen molar-refractivity contribution in [1.82, 2.24) is 14.7 Å². The molecule has 3 heterocycles. The average molecular weight is 421 g/mol. The number of nitrogens with zero attached hydrogens (tertiary/aromatic N) is 3. The molecule has 2 aromatic heterocycles. The Labute approximate surface area is 182 Å². The van der Waals surface area contributed by atoms with Crippen molar-refractivity contribution in [2.75, 3.05) is 13.2 Å². The predicted octanol–water partition coefficient (Wildman–Crippen LogP) is 3.92. The molecule has 1 N–H and O–H groups in total. The fourth-order valence-electron chi connectivity index (χ4n) is 3.56. The van der Waals surface area contributed by atoms with Crippen molar-refractivity contribution < 1.29 is 19.1 Å². The molecule has 1 aliphatic heterocycles. The minimum Gasteiger partial charge on any atom is -0.395 e. The van der Waals surface area contributed by atoms with Crippen LogP contribution in [0.15, 0.2) is 47.2 Å². The Morgan fingerprint density at radius 1 is 1.29 bits per heavy atom. The van der Waals surface area contributed by atoms with Crippen molar-refractivity contribution in [3.05, 3.63) is 59.8 Å². The van der Waals surface area contributed by atoms with Gasteiger partial charge < -0.3 is 23.7 Å². The van der Waals surface area contributed by atoms with Crippen LogP contribution in [0.2, 0.25) is 0 Å². The van der Waals surface area contributed by atoms with Gasteiger partial charge in [-0.2, -0.15) is 0 Å². The SMILES string of the molecule is C[C@H](OC1CCCCO1)c1nccn1Cc1cc(-c2ccc(C#CCCO)cc2)on1.